The Kier molecular flexibility index (Phi) is 5.27. The van der Waals surface area contributed by atoms with Gasteiger partial charge in [-0.05, 0) is 55.0 Å². The normalized spacial score (nSPS) is 16.9. The summed E-state index contributed by atoms with van der Waals surface area (Å²) < 4.78 is 5.15. The predicted octanol–water partition coefficient (Wildman–Crippen LogP) is 3.44. The van der Waals surface area contributed by atoms with Gasteiger partial charge in [0.05, 0.1) is 13.2 Å². The monoisotopic (exact) mass is 344 g/mol. The zero-order valence-corrected chi connectivity index (χ0v) is 14.3. The number of methoxy groups -OCH3 is 1. The lowest BCUT2D eigenvalue weighted by molar-refractivity contribution is 0.176. The first-order valence-electron chi connectivity index (χ1n) is 7.80. The van der Waals surface area contributed by atoms with Gasteiger partial charge in [-0.25, -0.2) is 4.79 Å². The summed E-state index contributed by atoms with van der Waals surface area (Å²) in [6.07, 6.45) is 0.240. The fourth-order valence-corrected chi connectivity index (χ4v) is 3.33. The van der Waals surface area contributed by atoms with Crippen molar-refractivity contribution in [1.29, 1.82) is 0 Å². The fraction of sp³-hybridized carbons (Fsp3) is 0.278. The highest BCUT2D eigenvalue weighted by Crippen LogP contribution is 2.29. The summed E-state index contributed by atoms with van der Waals surface area (Å²) in [5.74, 6) is 0.837. The summed E-state index contributed by atoms with van der Waals surface area (Å²) in [5.41, 5.74) is 0.750. The Morgan fingerprint density at radius 1 is 1.17 bits per heavy atom. The number of hydrogen-bond acceptors (Lipinski definition) is 4. The van der Waals surface area contributed by atoms with Gasteiger partial charge in [0, 0.05) is 28.6 Å². The van der Waals surface area contributed by atoms with E-state index in [9.17, 15) is 9.90 Å². The minimum Gasteiger partial charge on any atom is -0.497 e. The second-order valence-electron chi connectivity index (χ2n) is 5.62. The van der Waals surface area contributed by atoms with Crippen LogP contribution < -0.4 is 10.1 Å². The van der Waals surface area contributed by atoms with E-state index < -0.39 is 6.10 Å². The second-order valence-corrected chi connectivity index (χ2v) is 6.77. The van der Waals surface area contributed by atoms with E-state index in [-0.39, 0.29) is 6.03 Å². The Bertz CT molecular complexity index is 688. The number of anilines is 1. The van der Waals surface area contributed by atoms with Crippen LogP contribution in [0.25, 0.3) is 0 Å². The summed E-state index contributed by atoms with van der Waals surface area (Å²) in [7, 11) is 1.65. The van der Waals surface area contributed by atoms with Crippen molar-refractivity contribution in [1.82, 2.24) is 4.90 Å². The molecule has 0 saturated carbocycles. The third-order valence-corrected chi connectivity index (χ3v) is 4.87. The summed E-state index contributed by atoms with van der Waals surface area (Å²) >= 11 is 1.65. The van der Waals surface area contributed by atoms with Crippen molar-refractivity contribution in [2.75, 3.05) is 25.5 Å². The molecule has 3 rings (SSSR count). The van der Waals surface area contributed by atoms with Crippen LogP contribution in [0.3, 0.4) is 0 Å². The summed E-state index contributed by atoms with van der Waals surface area (Å²) in [5, 5.41) is 12.4. The zero-order chi connectivity index (χ0) is 16.9. The van der Waals surface area contributed by atoms with E-state index in [1.54, 1.807) is 23.8 Å². The topological polar surface area (TPSA) is 61.8 Å². The van der Waals surface area contributed by atoms with Gasteiger partial charge >= 0.3 is 6.03 Å². The van der Waals surface area contributed by atoms with Gasteiger partial charge in [-0.1, -0.05) is 11.8 Å². The first-order chi connectivity index (χ1) is 11.6. The van der Waals surface area contributed by atoms with E-state index in [0.717, 1.165) is 21.2 Å². The van der Waals surface area contributed by atoms with Crippen molar-refractivity contribution in [2.24, 2.45) is 0 Å². The lowest BCUT2D eigenvalue weighted by Crippen LogP contribution is -2.33. The molecule has 0 spiro atoms. The highest BCUT2D eigenvalue weighted by Gasteiger charge is 2.24. The van der Waals surface area contributed by atoms with Gasteiger partial charge in [-0.3, -0.25) is 0 Å². The number of amides is 2. The molecule has 1 atom stereocenters. The maximum atomic E-state index is 12.1. The number of aliphatic hydroxyl groups excluding tert-OH is 1. The Morgan fingerprint density at radius 2 is 1.79 bits per heavy atom. The molecular formula is C18H20N2O3S. The van der Waals surface area contributed by atoms with Crippen LogP contribution in [0.2, 0.25) is 0 Å². The molecule has 1 saturated heterocycles. The zero-order valence-electron chi connectivity index (χ0n) is 13.4. The Hall–Kier alpha value is -2.18. The van der Waals surface area contributed by atoms with Crippen molar-refractivity contribution in [3.8, 4) is 5.75 Å². The predicted molar refractivity (Wildman–Crippen MR) is 94.8 cm³/mol. The molecule has 0 aliphatic carbocycles. The number of urea groups is 1. The lowest BCUT2D eigenvalue weighted by atomic mass is 10.3. The molecule has 0 aromatic heterocycles. The molecule has 1 aliphatic rings. The van der Waals surface area contributed by atoms with Gasteiger partial charge in [-0.15, -0.1) is 0 Å². The number of nitrogens with one attached hydrogen (secondary N) is 1. The number of benzene rings is 2. The number of likely N-dealkylation sites (tertiary alicyclic amines) is 1. The van der Waals surface area contributed by atoms with Crippen LogP contribution in [0.15, 0.2) is 58.3 Å². The largest absolute Gasteiger partial charge is 0.497 e. The molecule has 0 radical (unpaired) electrons. The number of nitrogens with zero attached hydrogens (tertiary/aromatic N) is 1. The van der Waals surface area contributed by atoms with Crippen molar-refractivity contribution in [3.63, 3.8) is 0 Å². The van der Waals surface area contributed by atoms with Crippen molar-refractivity contribution < 1.29 is 14.6 Å². The Labute approximate surface area is 145 Å². The van der Waals surface area contributed by atoms with E-state index in [4.69, 9.17) is 4.74 Å². The summed E-state index contributed by atoms with van der Waals surface area (Å²) in [6.45, 7) is 0.996. The minimum absolute atomic E-state index is 0.165. The molecular weight excluding hydrogens is 324 g/mol. The molecule has 1 aliphatic heterocycles. The Balaban J connectivity index is 1.57. The van der Waals surface area contributed by atoms with Gasteiger partial charge in [0.1, 0.15) is 5.75 Å². The third kappa shape index (κ3) is 4.21. The van der Waals surface area contributed by atoms with Gasteiger partial charge in [0.2, 0.25) is 0 Å². The van der Waals surface area contributed by atoms with Crippen LogP contribution in [-0.4, -0.2) is 42.3 Å². The molecule has 2 amide bonds. The number of ether oxygens (including phenoxy) is 1. The molecule has 1 fully saturated rings. The molecule has 1 heterocycles. The maximum absolute atomic E-state index is 12.1. The molecule has 6 heteroatoms. The highest BCUT2D eigenvalue weighted by molar-refractivity contribution is 7.99. The Morgan fingerprint density at radius 3 is 2.33 bits per heavy atom. The molecule has 2 N–H and O–H groups in total. The fourth-order valence-electron chi connectivity index (χ4n) is 2.51. The van der Waals surface area contributed by atoms with Gasteiger partial charge in [-0.2, -0.15) is 0 Å². The standard InChI is InChI=1S/C18H20N2O3S/c1-23-15-4-8-17(9-5-15)24-16-6-2-13(3-7-16)19-18(22)20-11-10-14(21)12-20/h2-9,14,21H,10-12H2,1H3,(H,19,22)/t14-/m0/s1. The average molecular weight is 344 g/mol. The number of β-amino-alcohol motifs (C(OH)–C–C–N with tert-alkyl or cyclic N) is 1. The molecule has 2 aromatic rings. The van der Waals surface area contributed by atoms with E-state index in [1.165, 1.54) is 0 Å². The second kappa shape index (κ2) is 7.59. The van der Waals surface area contributed by atoms with Gasteiger partial charge < -0.3 is 20.1 Å². The van der Waals surface area contributed by atoms with E-state index in [0.29, 0.717) is 19.5 Å². The van der Waals surface area contributed by atoms with Gasteiger partial charge in [0.15, 0.2) is 0 Å². The lowest BCUT2D eigenvalue weighted by Gasteiger charge is -2.16. The van der Waals surface area contributed by atoms with Gasteiger partial charge in [0.25, 0.3) is 0 Å². The highest BCUT2D eigenvalue weighted by atomic mass is 32.2. The van der Waals surface area contributed by atoms with Crippen LogP contribution in [-0.2, 0) is 0 Å². The van der Waals surface area contributed by atoms with Crippen LogP contribution >= 0.6 is 11.8 Å². The molecule has 0 unspecified atom stereocenters. The van der Waals surface area contributed by atoms with E-state index in [1.807, 2.05) is 48.5 Å². The maximum Gasteiger partial charge on any atom is 0.321 e. The number of aliphatic hydroxyl groups is 1. The smallest absolute Gasteiger partial charge is 0.321 e. The van der Waals surface area contributed by atoms with Crippen molar-refractivity contribution in [2.45, 2.75) is 22.3 Å². The molecule has 2 aromatic carbocycles. The SMILES string of the molecule is COc1ccc(Sc2ccc(NC(=O)N3CC[C@H](O)C3)cc2)cc1. The number of carbonyl (C=O) groups is 1. The van der Waals surface area contributed by atoms with Crippen LogP contribution in [0.1, 0.15) is 6.42 Å². The number of hydrogen-bond donors (Lipinski definition) is 2. The average Bonchev–Trinajstić information content (AvgIpc) is 3.04. The first-order valence-corrected chi connectivity index (χ1v) is 8.61. The van der Waals surface area contributed by atoms with E-state index >= 15 is 0 Å². The number of carbonyl (C=O) groups excluding carboxylic acids is 1. The summed E-state index contributed by atoms with van der Waals surface area (Å²) in [4.78, 5) is 15.9. The van der Waals surface area contributed by atoms with Crippen molar-refractivity contribution >= 4 is 23.5 Å². The quantitative estimate of drug-likeness (QED) is 0.892. The molecule has 0 bridgehead atoms. The number of rotatable bonds is 4. The minimum atomic E-state index is -0.404. The third-order valence-electron chi connectivity index (χ3n) is 3.85. The first kappa shape index (κ1) is 16.7. The molecule has 126 valence electrons. The molecule has 24 heavy (non-hydrogen) atoms. The van der Waals surface area contributed by atoms with Crippen LogP contribution in [0, 0.1) is 0 Å². The van der Waals surface area contributed by atoms with Crippen LogP contribution in [0.5, 0.6) is 5.75 Å². The van der Waals surface area contributed by atoms with Crippen molar-refractivity contribution in [3.05, 3.63) is 48.5 Å². The van der Waals surface area contributed by atoms with E-state index in [2.05, 4.69) is 5.32 Å². The summed E-state index contributed by atoms with van der Waals surface area (Å²) in [6, 6.07) is 15.4. The van der Waals surface area contributed by atoms with Crippen LogP contribution in [0.4, 0.5) is 10.5 Å². The molecule has 5 nitrogen and oxygen atoms in total.